The molecule has 2 N–H and O–H groups in total. The fourth-order valence-corrected chi connectivity index (χ4v) is 3.25. The van der Waals surface area contributed by atoms with Crippen LogP contribution in [0.15, 0.2) is 29.2 Å². The van der Waals surface area contributed by atoms with Gasteiger partial charge in [-0.3, -0.25) is 4.79 Å². The van der Waals surface area contributed by atoms with E-state index in [0.717, 1.165) is 0 Å². The fraction of sp³-hybridized carbons (Fsp3) is 0.462. The molecule has 0 spiro atoms. The molecule has 0 bridgehead atoms. The molecular formula is C13H20N2O3S. The molecule has 1 amide bonds. The van der Waals surface area contributed by atoms with Crippen molar-refractivity contribution in [2.24, 2.45) is 5.73 Å². The maximum Gasteiger partial charge on any atom is 0.237 e. The fourth-order valence-electron chi connectivity index (χ4n) is 1.71. The second-order valence-electron chi connectivity index (χ2n) is 4.48. The van der Waals surface area contributed by atoms with Crippen LogP contribution in [-0.4, -0.2) is 45.1 Å². The maximum absolute atomic E-state index is 12.2. The molecule has 0 fully saturated rings. The summed E-state index contributed by atoms with van der Waals surface area (Å²) < 4.78 is 24.3. The number of nitrogens with zero attached hydrogens (tertiary/aromatic N) is 1. The number of carbonyl (C=O) groups excluding carboxylic acids is 1. The van der Waals surface area contributed by atoms with Crippen LogP contribution in [0.2, 0.25) is 0 Å². The van der Waals surface area contributed by atoms with Crippen LogP contribution in [0.5, 0.6) is 0 Å². The smallest absolute Gasteiger partial charge is 0.237 e. The molecule has 0 aliphatic heterocycles. The van der Waals surface area contributed by atoms with Gasteiger partial charge in [0, 0.05) is 13.6 Å². The summed E-state index contributed by atoms with van der Waals surface area (Å²) in [5, 5.41) is 0. The van der Waals surface area contributed by atoms with Gasteiger partial charge in [0.25, 0.3) is 0 Å². The highest BCUT2D eigenvalue weighted by atomic mass is 32.2. The molecule has 5 nitrogen and oxygen atoms in total. The molecule has 0 atom stereocenters. The molecule has 0 heterocycles. The molecule has 1 aromatic rings. The minimum Gasteiger partial charge on any atom is -0.345 e. The van der Waals surface area contributed by atoms with E-state index >= 15 is 0 Å². The highest BCUT2D eigenvalue weighted by molar-refractivity contribution is 7.92. The Morgan fingerprint density at radius 1 is 1.32 bits per heavy atom. The first kappa shape index (κ1) is 15.7. The predicted octanol–water partition coefficient (Wildman–Crippen LogP) is 0.576. The van der Waals surface area contributed by atoms with Crippen molar-refractivity contribution < 1.29 is 13.2 Å². The molecule has 0 saturated heterocycles. The number of rotatable bonds is 6. The third-order valence-electron chi connectivity index (χ3n) is 2.87. The Bertz CT molecular complexity index is 541. The minimum absolute atomic E-state index is 0.218. The van der Waals surface area contributed by atoms with Gasteiger partial charge in [0.15, 0.2) is 9.84 Å². The maximum atomic E-state index is 12.2. The number of carbonyl (C=O) groups is 1. The van der Waals surface area contributed by atoms with Gasteiger partial charge in [0.1, 0.15) is 5.75 Å². The zero-order valence-electron chi connectivity index (χ0n) is 11.3. The summed E-state index contributed by atoms with van der Waals surface area (Å²) in [5.41, 5.74) is 6.01. The summed E-state index contributed by atoms with van der Waals surface area (Å²) in [6, 6.07) is 6.67. The van der Waals surface area contributed by atoms with Crippen LogP contribution >= 0.6 is 0 Å². The molecule has 19 heavy (non-hydrogen) atoms. The summed E-state index contributed by atoms with van der Waals surface area (Å²) in [5.74, 6) is -0.907. The van der Waals surface area contributed by atoms with Crippen LogP contribution in [0.1, 0.15) is 12.0 Å². The summed E-state index contributed by atoms with van der Waals surface area (Å²) in [6.45, 7) is 2.66. The third kappa shape index (κ3) is 4.33. The van der Waals surface area contributed by atoms with Gasteiger partial charge in [-0.05, 0) is 31.5 Å². The second kappa shape index (κ2) is 6.68. The van der Waals surface area contributed by atoms with E-state index in [1.54, 1.807) is 32.2 Å². The Morgan fingerprint density at radius 3 is 2.53 bits per heavy atom. The monoisotopic (exact) mass is 284 g/mol. The molecule has 106 valence electrons. The standard InChI is InChI=1S/C13H20N2O3S/c1-11-6-3-4-7-12(11)19(17,18)10-13(16)15(2)9-5-8-14/h3-4,6-7H,5,8-10,14H2,1-2H3. The molecule has 0 unspecified atom stereocenters. The van der Waals surface area contributed by atoms with Crippen LogP contribution in [0.4, 0.5) is 0 Å². The number of nitrogens with two attached hydrogens (primary N) is 1. The van der Waals surface area contributed by atoms with E-state index in [4.69, 9.17) is 5.73 Å². The molecule has 0 aliphatic rings. The highest BCUT2D eigenvalue weighted by Crippen LogP contribution is 2.16. The molecule has 1 aromatic carbocycles. The largest absolute Gasteiger partial charge is 0.345 e. The number of aryl methyl sites for hydroxylation is 1. The SMILES string of the molecule is Cc1ccccc1S(=O)(=O)CC(=O)N(C)CCCN. The van der Waals surface area contributed by atoms with E-state index in [1.807, 2.05) is 0 Å². The number of sulfone groups is 1. The Kier molecular flexibility index (Phi) is 5.50. The topological polar surface area (TPSA) is 80.5 Å². The zero-order chi connectivity index (χ0) is 14.5. The Morgan fingerprint density at radius 2 is 1.95 bits per heavy atom. The quantitative estimate of drug-likeness (QED) is 0.828. The van der Waals surface area contributed by atoms with Crippen LogP contribution < -0.4 is 5.73 Å². The van der Waals surface area contributed by atoms with Crippen LogP contribution in [0.3, 0.4) is 0 Å². The normalized spacial score (nSPS) is 11.3. The summed E-state index contributed by atoms with van der Waals surface area (Å²) in [7, 11) is -1.99. The zero-order valence-corrected chi connectivity index (χ0v) is 12.1. The van der Waals surface area contributed by atoms with Crippen molar-refractivity contribution in [1.29, 1.82) is 0 Å². The van der Waals surface area contributed by atoms with Crippen molar-refractivity contribution in [1.82, 2.24) is 4.90 Å². The third-order valence-corrected chi connectivity index (χ3v) is 4.62. The highest BCUT2D eigenvalue weighted by Gasteiger charge is 2.22. The van der Waals surface area contributed by atoms with E-state index in [9.17, 15) is 13.2 Å². The molecular weight excluding hydrogens is 264 g/mol. The van der Waals surface area contributed by atoms with Gasteiger partial charge < -0.3 is 10.6 Å². The van der Waals surface area contributed by atoms with E-state index in [0.29, 0.717) is 25.1 Å². The number of hydrogen-bond donors (Lipinski definition) is 1. The molecule has 1 rings (SSSR count). The van der Waals surface area contributed by atoms with Crippen molar-refractivity contribution >= 4 is 15.7 Å². The Labute approximate surface area is 114 Å². The lowest BCUT2D eigenvalue weighted by Gasteiger charge is -2.17. The molecule has 0 aliphatic carbocycles. The lowest BCUT2D eigenvalue weighted by Crippen LogP contribution is -2.34. The van der Waals surface area contributed by atoms with Gasteiger partial charge in [0.05, 0.1) is 4.90 Å². The van der Waals surface area contributed by atoms with Gasteiger partial charge >= 0.3 is 0 Å². The predicted molar refractivity (Wildman–Crippen MR) is 74.5 cm³/mol. The van der Waals surface area contributed by atoms with Crippen LogP contribution in [0.25, 0.3) is 0 Å². The number of amides is 1. The van der Waals surface area contributed by atoms with Gasteiger partial charge in [-0.1, -0.05) is 18.2 Å². The number of benzene rings is 1. The van der Waals surface area contributed by atoms with Crippen LogP contribution in [-0.2, 0) is 14.6 Å². The molecule has 0 aromatic heterocycles. The Hall–Kier alpha value is -1.40. The molecule has 6 heteroatoms. The first-order valence-corrected chi connectivity index (χ1v) is 7.76. The Balaban J connectivity index is 2.81. The van der Waals surface area contributed by atoms with Gasteiger partial charge in [-0.25, -0.2) is 8.42 Å². The van der Waals surface area contributed by atoms with Gasteiger partial charge in [-0.15, -0.1) is 0 Å². The molecule has 0 radical (unpaired) electrons. The summed E-state index contributed by atoms with van der Waals surface area (Å²) in [6.07, 6.45) is 0.659. The average molecular weight is 284 g/mol. The van der Waals surface area contributed by atoms with E-state index in [2.05, 4.69) is 0 Å². The first-order valence-electron chi connectivity index (χ1n) is 6.11. The van der Waals surface area contributed by atoms with Crippen molar-refractivity contribution in [3.63, 3.8) is 0 Å². The first-order chi connectivity index (χ1) is 8.88. The number of hydrogen-bond acceptors (Lipinski definition) is 4. The van der Waals surface area contributed by atoms with Gasteiger partial charge in [-0.2, -0.15) is 0 Å². The van der Waals surface area contributed by atoms with Crippen molar-refractivity contribution in [2.45, 2.75) is 18.2 Å². The van der Waals surface area contributed by atoms with Gasteiger partial charge in [0.2, 0.25) is 5.91 Å². The van der Waals surface area contributed by atoms with Crippen LogP contribution in [0, 0.1) is 6.92 Å². The van der Waals surface area contributed by atoms with Crippen molar-refractivity contribution in [2.75, 3.05) is 25.9 Å². The van der Waals surface area contributed by atoms with Crippen molar-refractivity contribution in [3.8, 4) is 0 Å². The molecule has 0 saturated carbocycles. The summed E-state index contributed by atoms with van der Waals surface area (Å²) in [4.78, 5) is 13.5. The average Bonchev–Trinajstić information content (AvgIpc) is 2.35. The van der Waals surface area contributed by atoms with E-state index in [1.165, 1.54) is 11.0 Å². The van der Waals surface area contributed by atoms with Crippen molar-refractivity contribution in [3.05, 3.63) is 29.8 Å². The minimum atomic E-state index is -3.58. The lowest BCUT2D eigenvalue weighted by atomic mass is 10.2. The lowest BCUT2D eigenvalue weighted by molar-refractivity contribution is -0.127. The second-order valence-corrected chi connectivity index (χ2v) is 6.44. The summed E-state index contributed by atoms with van der Waals surface area (Å²) >= 11 is 0. The van der Waals surface area contributed by atoms with E-state index < -0.39 is 21.5 Å². The van der Waals surface area contributed by atoms with E-state index in [-0.39, 0.29) is 4.90 Å².